The third-order valence-electron chi connectivity index (χ3n) is 2.70. The molecule has 0 aromatic carbocycles. The quantitative estimate of drug-likeness (QED) is 0.161. The predicted octanol–water partition coefficient (Wildman–Crippen LogP) is 5.89. The molecule has 0 amide bonds. The van der Waals surface area contributed by atoms with E-state index >= 15 is 0 Å². The standard InChI is InChI=1S/C11H6F16O5.Rf/c1-29-11(26,27)32-10(24,25)9(22,23)31-8(20,21)6(16,7(17,18)19)30-5(14,15)2-3(28)4(12)13;/h28H,2H2,1H3;. The monoisotopic (exact) mass is 789 g/mol. The fourth-order valence-electron chi connectivity index (χ4n) is 1.32. The zero-order valence-corrected chi connectivity index (χ0v) is 21.4. The maximum absolute atomic E-state index is 13.8. The summed E-state index contributed by atoms with van der Waals surface area (Å²) in [6.45, 7) is 0. The second-order valence-corrected chi connectivity index (χ2v) is 5.14. The summed E-state index contributed by atoms with van der Waals surface area (Å²) in [4.78, 5) is 0. The molecule has 22 heteroatoms. The van der Waals surface area contributed by atoms with E-state index < -0.39 is 61.0 Å². The fourth-order valence-corrected chi connectivity index (χ4v) is 1.32. The van der Waals surface area contributed by atoms with Gasteiger partial charge in [0, 0.05) is 7.11 Å². The molecule has 0 aliphatic heterocycles. The van der Waals surface area contributed by atoms with Crippen LogP contribution in [0.4, 0.5) is 70.2 Å². The number of rotatable bonds is 11. The van der Waals surface area contributed by atoms with Crippen LogP contribution < -0.4 is 0 Å². The van der Waals surface area contributed by atoms with Crippen LogP contribution in [0.25, 0.3) is 0 Å². The number of aliphatic hydroxyl groups is 1. The van der Waals surface area contributed by atoms with Crippen LogP contribution in [-0.4, -0.2) is 55.0 Å². The Morgan fingerprint density at radius 1 is 0.667 bits per heavy atom. The van der Waals surface area contributed by atoms with E-state index in [2.05, 4.69) is 4.74 Å². The van der Waals surface area contributed by atoms with Crippen molar-refractivity contribution in [2.24, 2.45) is 0 Å². The molecule has 1 N–H and O–H groups in total. The van der Waals surface area contributed by atoms with E-state index in [0.29, 0.717) is 0 Å². The van der Waals surface area contributed by atoms with Crippen LogP contribution in [0.2, 0.25) is 0 Å². The van der Waals surface area contributed by atoms with Crippen molar-refractivity contribution < 1.29 is 94.3 Å². The molecule has 0 aliphatic rings. The molecule has 1 atom stereocenters. The summed E-state index contributed by atoms with van der Waals surface area (Å²) < 4.78 is 214. The van der Waals surface area contributed by atoms with Gasteiger partial charge in [-0.25, -0.2) is 9.47 Å². The molecule has 0 heterocycles. The van der Waals surface area contributed by atoms with Gasteiger partial charge in [-0.15, -0.1) is 8.78 Å². The van der Waals surface area contributed by atoms with E-state index in [1.54, 1.807) is 4.74 Å². The number of hydrogen-bond acceptors (Lipinski definition) is 5. The Bertz CT molecular complexity index is 691. The SMILES string of the molecule is COC(F)(F)OC(F)(F)C(F)(F)OC(F)(F)C(F)(OC(F)(F)CC(O)=C(F)F)C(F)(F)F.[Rf]. The molecule has 1 unspecified atom stereocenters. The first-order chi connectivity index (χ1) is 13.8. The van der Waals surface area contributed by atoms with Crippen LogP contribution in [-0.2, 0) is 18.9 Å². The van der Waals surface area contributed by atoms with E-state index in [4.69, 9.17) is 5.11 Å². The van der Waals surface area contributed by atoms with Crippen molar-refractivity contribution in [2.75, 3.05) is 7.11 Å². The van der Waals surface area contributed by atoms with Crippen molar-refractivity contribution in [3.63, 3.8) is 0 Å². The molecule has 0 spiro atoms. The normalized spacial score (nSPS) is 16.2. The van der Waals surface area contributed by atoms with Crippen molar-refractivity contribution in [3.05, 3.63) is 11.8 Å². The summed E-state index contributed by atoms with van der Waals surface area (Å²) in [6.07, 6.45) is -48.2. The van der Waals surface area contributed by atoms with Crippen molar-refractivity contribution >= 4 is 0 Å². The molecule has 0 fully saturated rings. The van der Waals surface area contributed by atoms with Gasteiger partial charge in [-0.2, -0.15) is 61.5 Å². The third kappa shape index (κ3) is 7.39. The van der Waals surface area contributed by atoms with Crippen LogP contribution in [0.3, 0.4) is 0 Å². The number of aliphatic hydroxyl groups excluding tert-OH is 1. The smallest absolute Gasteiger partial charge is 0.490 e. The zero-order valence-electron chi connectivity index (χ0n) is 15.0. The van der Waals surface area contributed by atoms with Gasteiger partial charge in [0.2, 0.25) is 0 Å². The summed E-state index contributed by atoms with van der Waals surface area (Å²) in [5.74, 6) is -10.4. The maximum Gasteiger partial charge on any atom is 0.490 e. The average molecular weight is 789 g/mol. The minimum atomic E-state index is -7.64. The van der Waals surface area contributed by atoms with Gasteiger partial charge in [-0.1, -0.05) is 0 Å². The topological polar surface area (TPSA) is 57.2 Å². The zero-order chi connectivity index (χ0) is 26.2. The Kier molecular flexibility index (Phi) is 9.09. The van der Waals surface area contributed by atoms with Crippen LogP contribution in [0, 0.1) is 0 Å². The summed E-state index contributed by atoms with van der Waals surface area (Å²) in [7, 11) is -0.181. The molecule has 33 heavy (non-hydrogen) atoms. The molecule has 5 nitrogen and oxygen atoms in total. The van der Waals surface area contributed by atoms with E-state index in [9.17, 15) is 70.2 Å². The number of ether oxygens (including phenoxy) is 4. The Balaban J connectivity index is 0. The second kappa shape index (κ2) is 9.25. The van der Waals surface area contributed by atoms with Gasteiger partial charge in [0.05, 0.1) is 0 Å². The Morgan fingerprint density at radius 2 is 1.06 bits per heavy atom. The molecule has 194 valence electrons. The summed E-state index contributed by atoms with van der Waals surface area (Å²) in [5, 5.41) is 8.32. The van der Waals surface area contributed by atoms with Gasteiger partial charge < -0.3 is 5.11 Å². The van der Waals surface area contributed by atoms with Crippen LogP contribution in [0.1, 0.15) is 6.42 Å². The molecule has 0 saturated carbocycles. The first-order valence-corrected chi connectivity index (χ1v) is 6.79. The number of halogens is 16. The molecule has 0 bridgehead atoms. The largest absolute Gasteiger partial charge is 0.507 e. The number of alkyl halides is 14. The molecular formula is C11H6F16O5Rf. The summed E-state index contributed by atoms with van der Waals surface area (Å²) in [6, 6.07) is 0. The first kappa shape index (κ1) is 32.4. The first-order valence-electron chi connectivity index (χ1n) is 6.79. The Morgan fingerprint density at radius 3 is 1.39 bits per heavy atom. The average Bonchev–Trinajstić information content (AvgIpc) is 2.50. The van der Waals surface area contributed by atoms with Crippen LogP contribution in [0.15, 0.2) is 11.8 Å². The summed E-state index contributed by atoms with van der Waals surface area (Å²) in [5.41, 5.74) is 0. The summed E-state index contributed by atoms with van der Waals surface area (Å²) >= 11 is 0. The maximum atomic E-state index is 13.8. The minimum Gasteiger partial charge on any atom is -0.507 e. The van der Waals surface area contributed by atoms with Gasteiger partial charge in [0.25, 0.3) is 0 Å². The second-order valence-electron chi connectivity index (χ2n) is 5.14. The van der Waals surface area contributed by atoms with Crippen molar-refractivity contribution in [1.29, 1.82) is 0 Å². The van der Waals surface area contributed by atoms with Crippen LogP contribution >= 0.6 is 0 Å². The molecule has 0 radical (unpaired) electrons. The van der Waals surface area contributed by atoms with Gasteiger partial charge in [-0.3, -0.25) is 9.47 Å². The third-order valence-corrected chi connectivity index (χ3v) is 2.70. The van der Waals surface area contributed by atoms with Gasteiger partial charge >= 0.3 is 48.8 Å². The minimum absolute atomic E-state index is 0. The predicted molar refractivity (Wildman–Crippen MR) is 61.4 cm³/mol. The molecule has 0 aliphatic carbocycles. The van der Waals surface area contributed by atoms with E-state index in [1.807, 2.05) is 9.47 Å². The fraction of sp³-hybridized carbons (Fsp3) is 0.818. The Hall–Kier alpha value is -2.74. The number of hydrogen-bond donors (Lipinski definition) is 1. The molecule has 0 rings (SSSR count). The molecule has 0 saturated heterocycles. The molecule has 0 aromatic heterocycles. The van der Waals surface area contributed by atoms with Crippen molar-refractivity contribution in [1.82, 2.24) is 0 Å². The van der Waals surface area contributed by atoms with Gasteiger partial charge in [0.15, 0.2) is 5.76 Å². The van der Waals surface area contributed by atoms with Crippen LogP contribution in [0.5, 0.6) is 0 Å². The number of methoxy groups -OCH3 is 1. The molecular weight excluding hydrogens is 783 g/mol. The van der Waals surface area contributed by atoms with Crippen molar-refractivity contribution in [2.45, 2.75) is 49.2 Å². The van der Waals surface area contributed by atoms with Gasteiger partial charge in [-0.05, 0) is 0 Å². The van der Waals surface area contributed by atoms with E-state index in [-0.39, 0.29) is 7.11 Å². The van der Waals surface area contributed by atoms with E-state index in [0.717, 1.165) is 0 Å². The molecule has 0 aromatic rings. The van der Waals surface area contributed by atoms with Gasteiger partial charge in [0.1, 0.15) is 6.42 Å². The van der Waals surface area contributed by atoms with Crippen molar-refractivity contribution in [3.8, 4) is 0 Å². The Labute approximate surface area is 164 Å². The van der Waals surface area contributed by atoms with E-state index in [1.165, 1.54) is 0 Å².